The molecule has 2 rings (SSSR count). The molecule has 6 heteroatoms. The van der Waals surface area contributed by atoms with Gasteiger partial charge in [0.05, 0.1) is 11.7 Å². The van der Waals surface area contributed by atoms with E-state index < -0.39 is 11.7 Å². The molecular weight excluding hydrogens is 332 g/mol. The maximum atomic E-state index is 12.0. The minimum atomic E-state index is -0.561. The van der Waals surface area contributed by atoms with Crippen LogP contribution >= 0.6 is 27.5 Å². The minimum absolute atomic E-state index is 0.509. The molecular formula is C13H14BrClN2O2. The van der Waals surface area contributed by atoms with Crippen molar-refractivity contribution in [3.8, 4) is 0 Å². The van der Waals surface area contributed by atoms with Gasteiger partial charge in [0.1, 0.15) is 5.60 Å². The predicted molar refractivity (Wildman–Crippen MR) is 79.0 cm³/mol. The number of fused-ring (bicyclic) bond motifs is 1. The molecule has 0 bridgehead atoms. The van der Waals surface area contributed by atoms with E-state index in [9.17, 15) is 4.79 Å². The fraction of sp³-hybridized carbons (Fsp3) is 0.385. The van der Waals surface area contributed by atoms with Crippen LogP contribution in [0.5, 0.6) is 0 Å². The number of hydrogen-bond acceptors (Lipinski definition) is 3. The lowest BCUT2D eigenvalue weighted by atomic mass is 10.2. The van der Waals surface area contributed by atoms with Crippen molar-refractivity contribution >= 4 is 44.5 Å². The number of hydrogen-bond donors (Lipinski definition) is 0. The summed E-state index contributed by atoms with van der Waals surface area (Å²) in [4.78, 5) is 12.0. The molecule has 19 heavy (non-hydrogen) atoms. The first kappa shape index (κ1) is 14.3. The number of alkyl halides is 1. The van der Waals surface area contributed by atoms with Crippen LogP contribution in [-0.2, 0) is 10.1 Å². The molecule has 0 saturated heterocycles. The first-order valence-electron chi connectivity index (χ1n) is 5.77. The number of carbonyl (C=O) groups excluding carboxylic acids is 1. The summed E-state index contributed by atoms with van der Waals surface area (Å²) in [5.41, 5.74) is 1.04. The number of benzene rings is 1. The van der Waals surface area contributed by atoms with Gasteiger partial charge in [-0.25, -0.2) is 4.79 Å². The Labute approximate surface area is 124 Å². The molecule has 0 saturated carbocycles. The fourth-order valence-corrected chi connectivity index (χ4v) is 2.50. The monoisotopic (exact) mass is 344 g/mol. The summed E-state index contributed by atoms with van der Waals surface area (Å²) < 4.78 is 6.52. The number of nitrogens with zero attached hydrogens (tertiary/aromatic N) is 2. The zero-order valence-electron chi connectivity index (χ0n) is 10.9. The zero-order chi connectivity index (χ0) is 14.2. The second kappa shape index (κ2) is 5.13. The molecule has 0 aliphatic carbocycles. The Morgan fingerprint density at radius 1 is 1.47 bits per heavy atom. The van der Waals surface area contributed by atoms with Crippen LogP contribution in [0.25, 0.3) is 10.9 Å². The average molecular weight is 346 g/mol. The molecule has 1 heterocycles. The molecule has 0 atom stereocenters. The number of ether oxygens (including phenoxy) is 1. The van der Waals surface area contributed by atoms with Crippen molar-refractivity contribution in [2.24, 2.45) is 0 Å². The van der Waals surface area contributed by atoms with Crippen molar-refractivity contribution in [1.29, 1.82) is 0 Å². The van der Waals surface area contributed by atoms with E-state index in [0.29, 0.717) is 15.9 Å². The van der Waals surface area contributed by atoms with Crippen LogP contribution in [0.15, 0.2) is 18.3 Å². The third-order valence-electron chi connectivity index (χ3n) is 2.45. The predicted octanol–water partition coefficient (Wildman–Crippen LogP) is 4.37. The van der Waals surface area contributed by atoms with Crippen molar-refractivity contribution in [3.63, 3.8) is 0 Å². The van der Waals surface area contributed by atoms with Gasteiger partial charge < -0.3 is 4.74 Å². The molecule has 102 valence electrons. The zero-order valence-corrected chi connectivity index (χ0v) is 13.2. The second-order valence-corrected chi connectivity index (χ2v) is 6.14. The van der Waals surface area contributed by atoms with E-state index in [1.807, 2.05) is 26.8 Å². The third kappa shape index (κ3) is 3.09. The highest BCUT2D eigenvalue weighted by Crippen LogP contribution is 2.26. The van der Waals surface area contributed by atoms with Crippen LogP contribution in [0.2, 0.25) is 5.02 Å². The molecule has 2 aromatic rings. The molecule has 0 amide bonds. The van der Waals surface area contributed by atoms with Crippen molar-refractivity contribution in [2.75, 3.05) is 0 Å². The van der Waals surface area contributed by atoms with Gasteiger partial charge in [-0.1, -0.05) is 27.5 Å². The number of carbonyl (C=O) groups is 1. The van der Waals surface area contributed by atoms with Gasteiger partial charge in [0, 0.05) is 15.7 Å². The highest BCUT2D eigenvalue weighted by atomic mass is 79.9. The van der Waals surface area contributed by atoms with Gasteiger partial charge >= 0.3 is 6.09 Å². The second-order valence-electron chi connectivity index (χ2n) is 5.17. The number of rotatable bonds is 1. The lowest BCUT2D eigenvalue weighted by molar-refractivity contribution is 0.0523. The smallest absolute Gasteiger partial charge is 0.435 e. The standard InChI is InChI=1S/C13H14BrClN2O2/c1-13(2,3)19-12(18)17-11-5-10(15)8(6-14)4-9(11)7-16-17/h4-5,7H,6H2,1-3H3. The Morgan fingerprint density at radius 2 is 2.16 bits per heavy atom. The Bertz CT molecular complexity index is 631. The average Bonchev–Trinajstić information content (AvgIpc) is 2.68. The molecule has 0 aliphatic heterocycles. The van der Waals surface area contributed by atoms with Gasteiger partial charge in [-0.05, 0) is 38.5 Å². The van der Waals surface area contributed by atoms with Gasteiger partial charge in [0.15, 0.2) is 0 Å². The summed E-state index contributed by atoms with van der Waals surface area (Å²) >= 11 is 9.51. The van der Waals surface area contributed by atoms with E-state index >= 15 is 0 Å². The van der Waals surface area contributed by atoms with Crippen LogP contribution in [0.3, 0.4) is 0 Å². The molecule has 0 spiro atoms. The summed E-state index contributed by atoms with van der Waals surface area (Å²) in [6.07, 6.45) is 1.12. The van der Waals surface area contributed by atoms with E-state index in [4.69, 9.17) is 16.3 Å². The maximum absolute atomic E-state index is 12.0. The number of halogens is 2. The topological polar surface area (TPSA) is 44.1 Å². The van der Waals surface area contributed by atoms with Crippen molar-refractivity contribution in [3.05, 3.63) is 28.9 Å². The molecule has 0 unspecified atom stereocenters. The molecule has 4 nitrogen and oxygen atoms in total. The van der Waals surface area contributed by atoms with Crippen LogP contribution in [-0.4, -0.2) is 21.5 Å². The Hall–Kier alpha value is -1.07. The first-order chi connectivity index (χ1) is 8.81. The Morgan fingerprint density at radius 3 is 2.74 bits per heavy atom. The molecule has 1 aromatic carbocycles. The van der Waals surface area contributed by atoms with Crippen molar-refractivity contribution in [2.45, 2.75) is 31.7 Å². The van der Waals surface area contributed by atoms with Crippen molar-refractivity contribution in [1.82, 2.24) is 9.78 Å². The van der Waals surface area contributed by atoms with E-state index in [1.54, 1.807) is 12.3 Å². The Balaban J connectivity index is 2.46. The minimum Gasteiger partial charge on any atom is -0.442 e. The highest BCUT2D eigenvalue weighted by molar-refractivity contribution is 9.08. The van der Waals surface area contributed by atoms with Gasteiger partial charge in [-0.2, -0.15) is 9.78 Å². The van der Waals surface area contributed by atoms with Gasteiger partial charge in [-0.15, -0.1) is 0 Å². The quantitative estimate of drug-likeness (QED) is 0.721. The van der Waals surface area contributed by atoms with Crippen LogP contribution in [0.4, 0.5) is 4.79 Å². The third-order valence-corrected chi connectivity index (χ3v) is 3.40. The first-order valence-corrected chi connectivity index (χ1v) is 7.27. The van der Waals surface area contributed by atoms with Crippen LogP contribution in [0.1, 0.15) is 26.3 Å². The largest absolute Gasteiger partial charge is 0.442 e. The summed E-state index contributed by atoms with van der Waals surface area (Å²) in [7, 11) is 0. The van der Waals surface area contributed by atoms with Crippen molar-refractivity contribution < 1.29 is 9.53 Å². The number of aromatic nitrogens is 2. The highest BCUT2D eigenvalue weighted by Gasteiger charge is 2.20. The molecule has 0 radical (unpaired) electrons. The fourth-order valence-electron chi connectivity index (χ4n) is 1.65. The lowest BCUT2D eigenvalue weighted by Crippen LogP contribution is -2.27. The summed E-state index contributed by atoms with van der Waals surface area (Å²) in [6, 6.07) is 3.63. The van der Waals surface area contributed by atoms with E-state index in [1.165, 1.54) is 4.68 Å². The summed E-state index contributed by atoms with van der Waals surface area (Å²) in [5.74, 6) is 0. The van der Waals surface area contributed by atoms with E-state index in [-0.39, 0.29) is 0 Å². The van der Waals surface area contributed by atoms with Gasteiger partial charge in [0.25, 0.3) is 0 Å². The maximum Gasteiger partial charge on any atom is 0.435 e. The molecule has 0 fully saturated rings. The Kier molecular flexibility index (Phi) is 3.87. The van der Waals surface area contributed by atoms with E-state index in [2.05, 4.69) is 21.0 Å². The summed E-state index contributed by atoms with van der Waals surface area (Å²) in [5, 5.41) is 6.16. The van der Waals surface area contributed by atoms with Gasteiger partial charge in [0.2, 0.25) is 0 Å². The lowest BCUT2D eigenvalue weighted by Gasteiger charge is -2.19. The van der Waals surface area contributed by atoms with Crippen LogP contribution < -0.4 is 0 Å². The van der Waals surface area contributed by atoms with Crippen LogP contribution in [0, 0.1) is 0 Å². The summed E-state index contributed by atoms with van der Waals surface area (Å²) in [6.45, 7) is 5.44. The molecule has 1 aromatic heterocycles. The SMILES string of the molecule is CC(C)(C)OC(=O)n1ncc2cc(CBr)c(Cl)cc21. The molecule has 0 N–H and O–H groups in total. The van der Waals surface area contributed by atoms with E-state index in [0.717, 1.165) is 10.9 Å². The normalized spacial score (nSPS) is 11.8. The molecule has 0 aliphatic rings. The van der Waals surface area contributed by atoms with Gasteiger partial charge in [-0.3, -0.25) is 0 Å².